The summed E-state index contributed by atoms with van der Waals surface area (Å²) < 4.78 is 33.0. The lowest BCUT2D eigenvalue weighted by Crippen LogP contribution is -2.41. The molecule has 2 aromatic heterocycles. The molecule has 0 atom stereocenters. The first kappa shape index (κ1) is 16.3. The molecule has 0 fully saturated rings. The average molecular weight is 326 g/mol. The number of nitrogens with zero attached hydrogens (tertiary/aromatic N) is 1. The van der Waals surface area contributed by atoms with Gasteiger partial charge in [-0.2, -0.15) is 0 Å². The van der Waals surface area contributed by atoms with Crippen LogP contribution in [0.4, 0.5) is 0 Å². The van der Waals surface area contributed by atoms with Crippen molar-refractivity contribution in [3.05, 3.63) is 34.9 Å². The molecule has 0 aromatic carbocycles. The van der Waals surface area contributed by atoms with Gasteiger partial charge in [0.2, 0.25) is 14.9 Å². The minimum Gasteiger partial charge on any atom is -0.440 e. The molecule has 2 aromatic rings. The fourth-order valence-electron chi connectivity index (χ4n) is 2.42. The lowest BCUT2D eigenvalue weighted by Gasteiger charge is -2.25. The number of furan rings is 1. The lowest BCUT2D eigenvalue weighted by atomic mass is 9.92. The Balaban J connectivity index is 2.27. The van der Waals surface area contributed by atoms with Gasteiger partial charge in [-0.25, -0.2) is 8.42 Å². The van der Waals surface area contributed by atoms with Crippen molar-refractivity contribution in [3.63, 3.8) is 0 Å². The van der Waals surface area contributed by atoms with E-state index < -0.39 is 21.3 Å². The fourth-order valence-corrected chi connectivity index (χ4v) is 2.98. The molecule has 8 heteroatoms. The van der Waals surface area contributed by atoms with E-state index in [1.54, 1.807) is 27.7 Å². The van der Waals surface area contributed by atoms with Crippen molar-refractivity contribution in [3.8, 4) is 0 Å². The van der Waals surface area contributed by atoms with Crippen molar-refractivity contribution >= 4 is 15.7 Å². The zero-order chi connectivity index (χ0) is 16.7. The number of carbonyl (C=O) groups is 1. The number of hydrogen-bond donors (Lipinski definition) is 1. The van der Waals surface area contributed by atoms with Crippen molar-refractivity contribution in [2.75, 3.05) is 6.26 Å². The Bertz CT molecular complexity index is 795. The van der Waals surface area contributed by atoms with E-state index in [0.29, 0.717) is 11.5 Å². The summed E-state index contributed by atoms with van der Waals surface area (Å²) in [4.78, 5) is 12.3. The van der Waals surface area contributed by atoms with Crippen molar-refractivity contribution in [2.24, 2.45) is 0 Å². The lowest BCUT2D eigenvalue weighted by molar-refractivity contribution is 0.0877. The molecule has 7 nitrogen and oxygen atoms in total. The Kier molecular flexibility index (Phi) is 3.90. The van der Waals surface area contributed by atoms with E-state index >= 15 is 0 Å². The van der Waals surface area contributed by atoms with Gasteiger partial charge in [0.1, 0.15) is 5.76 Å². The highest BCUT2D eigenvalue weighted by Crippen LogP contribution is 2.27. The molecule has 1 N–H and O–H groups in total. The number of aromatic nitrogens is 1. The first-order valence-electron chi connectivity index (χ1n) is 6.58. The van der Waals surface area contributed by atoms with Gasteiger partial charge in [0.25, 0.3) is 5.91 Å². The van der Waals surface area contributed by atoms with E-state index in [9.17, 15) is 13.2 Å². The van der Waals surface area contributed by atoms with Gasteiger partial charge in [0.15, 0.2) is 5.76 Å². The van der Waals surface area contributed by atoms with Crippen molar-refractivity contribution < 1.29 is 22.2 Å². The van der Waals surface area contributed by atoms with E-state index in [0.717, 1.165) is 11.8 Å². The smallest absolute Gasteiger partial charge is 0.287 e. The van der Waals surface area contributed by atoms with Crippen molar-refractivity contribution in [1.82, 2.24) is 10.5 Å². The minimum atomic E-state index is -3.49. The topological polar surface area (TPSA) is 102 Å². The van der Waals surface area contributed by atoms with Crippen LogP contribution in [0, 0.1) is 13.8 Å². The van der Waals surface area contributed by atoms with Gasteiger partial charge >= 0.3 is 0 Å². The number of sulfone groups is 1. The first-order valence-corrected chi connectivity index (χ1v) is 8.47. The Morgan fingerprint density at radius 3 is 2.36 bits per heavy atom. The maximum atomic E-state index is 12.3. The number of aryl methyl sites for hydroxylation is 2. The molecule has 0 radical (unpaired) electrons. The van der Waals surface area contributed by atoms with Crippen LogP contribution in [0.3, 0.4) is 0 Å². The van der Waals surface area contributed by atoms with Crippen LogP contribution in [0.1, 0.15) is 41.4 Å². The maximum Gasteiger partial charge on any atom is 0.287 e. The van der Waals surface area contributed by atoms with Crippen LogP contribution in [0.5, 0.6) is 0 Å². The first-order chi connectivity index (χ1) is 10.0. The monoisotopic (exact) mass is 326 g/mol. The molecule has 0 saturated carbocycles. The average Bonchev–Trinajstić information content (AvgIpc) is 2.95. The quantitative estimate of drug-likeness (QED) is 0.921. The molecule has 2 heterocycles. The highest BCUT2D eigenvalue weighted by molar-refractivity contribution is 7.90. The Labute approximate surface area is 128 Å². The third kappa shape index (κ3) is 3.06. The molecule has 22 heavy (non-hydrogen) atoms. The van der Waals surface area contributed by atoms with E-state index in [2.05, 4.69) is 10.5 Å². The van der Waals surface area contributed by atoms with Gasteiger partial charge in [-0.1, -0.05) is 5.16 Å². The molecular weight excluding hydrogens is 308 g/mol. The molecule has 0 bridgehead atoms. The second-order valence-electron chi connectivity index (χ2n) is 5.67. The summed E-state index contributed by atoms with van der Waals surface area (Å²) in [5.74, 6) is 0.0271. The van der Waals surface area contributed by atoms with Crippen LogP contribution < -0.4 is 5.32 Å². The summed E-state index contributed by atoms with van der Waals surface area (Å²) in [5.41, 5.74) is 0.707. The standard InChI is InChI=1S/C14H18N2O5S/c1-8-12(9(2)21-16-8)14(3,4)15-13(17)10-6-7-11(20-10)22(5,18)19/h6-7H,1-5H3,(H,15,17). The van der Waals surface area contributed by atoms with Crippen LogP contribution in [0.25, 0.3) is 0 Å². The summed E-state index contributed by atoms with van der Waals surface area (Å²) in [5, 5.41) is 6.42. The molecule has 0 spiro atoms. The van der Waals surface area contributed by atoms with E-state index in [4.69, 9.17) is 8.94 Å². The molecule has 120 valence electrons. The zero-order valence-electron chi connectivity index (χ0n) is 13.1. The van der Waals surface area contributed by atoms with Gasteiger partial charge in [0.05, 0.1) is 11.2 Å². The Morgan fingerprint density at radius 2 is 1.91 bits per heavy atom. The number of amides is 1. The minimum absolute atomic E-state index is 0.0692. The Morgan fingerprint density at radius 1 is 1.27 bits per heavy atom. The van der Waals surface area contributed by atoms with Gasteiger partial charge in [-0.3, -0.25) is 4.79 Å². The predicted molar refractivity (Wildman–Crippen MR) is 78.3 cm³/mol. The fraction of sp³-hybridized carbons (Fsp3) is 0.429. The maximum absolute atomic E-state index is 12.3. The third-order valence-corrected chi connectivity index (χ3v) is 4.21. The molecule has 1 amide bonds. The molecule has 0 saturated heterocycles. The second-order valence-corrected chi connectivity index (χ2v) is 7.62. The van der Waals surface area contributed by atoms with Crippen LogP contribution in [-0.2, 0) is 15.4 Å². The molecule has 0 aliphatic rings. The number of carbonyl (C=O) groups excluding carboxylic acids is 1. The van der Waals surface area contributed by atoms with Crippen LogP contribution in [-0.4, -0.2) is 25.7 Å². The highest BCUT2D eigenvalue weighted by Gasteiger charge is 2.31. The molecular formula is C14H18N2O5S. The van der Waals surface area contributed by atoms with Crippen molar-refractivity contribution in [2.45, 2.75) is 38.3 Å². The predicted octanol–water partition coefficient (Wildman–Crippen LogP) is 1.95. The van der Waals surface area contributed by atoms with Crippen LogP contribution >= 0.6 is 0 Å². The molecule has 0 unspecified atom stereocenters. The van der Waals surface area contributed by atoms with E-state index in [-0.39, 0.29) is 10.9 Å². The molecule has 0 aliphatic carbocycles. The molecule has 2 rings (SSSR count). The summed E-state index contributed by atoms with van der Waals surface area (Å²) in [6, 6.07) is 2.59. The largest absolute Gasteiger partial charge is 0.440 e. The van der Waals surface area contributed by atoms with Gasteiger partial charge in [-0.15, -0.1) is 0 Å². The summed E-state index contributed by atoms with van der Waals surface area (Å²) in [7, 11) is -3.49. The third-order valence-electron chi connectivity index (χ3n) is 3.25. The summed E-state index contributed by atoms with van der Waals surface area (Å²) in [6.45, 7) is 7.15. The number of nitrogens with one attached hydrogen (secondary N) is 1. The normalized spacial score (nSPS) is 12.4. The second kappa shape index (κ2) is 5.28. The SMILES string of the molecule is Cc1noc(C)c1C(C)(C)NC(=O)c1ccc(S(C)(=O)=O)o1. The number of hydrogen-bond acceptors (Lipinski definition) is 6. The Hall–Kier alpha value is -2.09. The van der Waals surface area contributed by atoms with E-state index in [1.807, 2.05) is 0 Å². The van der Waals surface area contributed by atoms with Gasteiger partial charge < -0.3 is 14.3 Å². The van der Waals surface area contributed by atoms with Crippen LogP contribution in [0.2, 0.25) is 0 Å². The van der Waals surface area contributed by atoms with Gasteiger partial charge in [-0.05, 0) is 39.8 Å². The van der Waals surface area contributed by atoms with Crippen molar-refractivity contribution in [1.29, 1.82) is 0 Å². The summed E-state index contributed by atoms with van der Waals surface area (Å²) >= 11 is 0. The van der Waals surface area contributed by atoms with Crippen LogP contribution in [0.15, 0.2) is 26.2 Å². The summed E-state index contributed by atoms with van der Waals surface area (Å²) in [6.07, 6.45) is 1.02. The van der Waals surface area contributed by atoms with Gasteiger partial charge in [0, 0.05) is 11.8 Å². The van der Waals surface area contributed by atoms with E-state index in [1.165, 1.54) is 12.1 Å². The zero-order valence-corrected chi connectivity index (χ0v) is 13.9. The number of rotatable bonds is 4. The highest BCUT2D eigenvalue weighted by atomic mass is 32.2. The molecule has 0 aliphatic heterocycles.